The second-order valence-electron chi connectivity index (χ2n) is 3.78. The highest BCUT2D eigenvalue weighted by atomic mass is 35.5. The van der Waals surface area contributed by atoms with Crippen molar-refractivity contribution in [2.45, 2.75) is 6.61 Å². The highest BCUT2D eigenvalue weighted by molar-refractivity contribution is 6.35. The van der Waals surface area contributed by atoms with Gasteiger partial charge in [-0.05, 0) is 29.8 Å². The minimum absolute atomic E-state index is 0.0456. The van der Waals surface area contributed by atoms with Crippen LogP contribution in [0.15, 0.2) is 48.5 Å². The number of para-hydroxylation sites is 1. The molecule has 2 aromatic rings. The average molecular weight is 315 g/mol. The second kappa shape index (κ2) is 9.61. The summed E-state index contributed by atoms with van der Waals surface area (Å²) in [4.78, 5) is 0. The molecule has 0 amide bonds. The van der Waals surface area contributed by atoms with Gasteiger partial charge in [0.1, 0.15) is 12.4 Å². The van der Waals surface area contributed by atoms with E-state index in [0.29, 0.717) is 22.2 Å². The molecule has 0 aliphatic carbocycles. The molecule has 0 saturated carbocycles. The maximum absolute atomic E-state index is 8.68. The molecule has 20 heavy (non-hydrogen) atoms. The van der Waals surface area contributed by atoms with Crippen molar-refractivity contribution in [1.29, 1.82) is 0 Å². The lowest BCUT2D eigenvalue weighted by atomic mass is 10.2. The summed E-state index contributed by atoms with van der Waals surface area (Å²) in [7, 11) is 0. The van der Waals surface area contributed by atoms with Gasteiger partial charge in [0.2, 0.25) is 0 Å². The number of ether oxygens (including phenoxy) is 1. The van der Waals surface area contributed by atoms with E-state index in [2.05, 4.69) is 0 Å². The van der Waals surface area contributed by atoms with Crippen molar-refractivity contribution in [2.24, 2.45) is 0 Å². The smallest absolute Gasteiger partial charge is 0.119 e. The fourth-order valence-electron chi connectivity index (χ4n) is 1.33. The third-order valence-electron chi connectivity index (χ3n) is 2.29. The number of hydrogen-bond donors (Lipinski definition) is 2. The van der Waals surface area contributed by atoms with Crippen LogP contribution in [0, 0.1) is 0 Å². The quantitative estimate of drug-likeness (QED) is 0.907. The van der Waals surface area contributed by atoms with Crippen LogP contribution in [0.4, 0.5) is 0 Å². The molecule has 0 spiro atoms. The first-order chi connectivity index (χ1) is 9.67. The normalized spacial score (nSPS) is 9.60. The molecule has 0 radical (unpaired) electrons. The number of hydrogen-bond acceptors (Lipinski definition) is 3. The van der Waals surface area contributed by atoms with Crippen molar-refractivity contribution in [1.82, 2.24) is 0 Å². The van der Waals surface area contributed by atoms with Gasteiger partial charge in [0, 0.05) is 10.0 Å². The third kappa shape index (κ3) is 6.26. The molecule has 0 saturated heterocycles. The fraction of sp³-hybridized carbons (Fsp3) is 0.200. The number of rotatable bonds is 4. The van der Waals surface area contributed by atoms with Gasteiger partial charge in [-0.2, -0.15) is 0 Å². The summed E-state index contributed by atoms with van der Waals surface area (Å²) in [5.41, 5.74) is 0.700. The van der Waals surface area contributed by atoms with E-state index in [9.17, 15) is 0 Å². The number of benzene rings is 2. The monoisotopic (exact) mass is 314 g/mol. The lowest BCUT2D eigenvalue weighted by Gasteiger charge is -2.01. The van der Waals surface area contributed by atoms with Gasteiger partial charge in [-0.3, -0.25) is 0 Å². The second-order valence-corrected chi connectivity index (χ2v) is 4.62. The molecule has 0 atom stereocenters. The largest absolute Gasteiger partial charge is 0.491 e. The van der Waals surface area contributed by atoms with Crippen molar-refractivity contribution >= 4 is 23.2 Å². The minimum atomic E-state index is -0.0456. The summed E-state index contributed by atoms with van der Waals surface area (Å²) < 4.78 is 5.11. The van der Waals surface area contributed by atoms with E-state index < -0.39 is 0 Å². The summed E-state index contributed by atoms with van der Waals surface area (Å²) in [6.45, 7) is 0.384. The zero-order valence-corrected chi connectivity index (χ0v) is 12.3. The molecule has 0 unspecified atom stereocenters. The van der Waals surface area contributed by atoms with Crippen LogP contribution in [-0.2, 0) is 6.61 Å². The van der Waals surface area contributed by atoms with Crippen LogP contribution in [-0.4, -0.2) is 23.4 Å². The van der Waals surface area contributed by atoms with Crippen molar-refractivity contribution in [3.63, 3.8) is 0 Å². The maximum atomic E-state index is 8.68. The summed E-state index contributed by atoms with van der Waals surface area (Å²) in [5.74, 6) is 0.802. The van der Waals surface area contributed by atoms with E-state index in [1.807, 2.05) is 30.3 Å². The van der Waals surface area contributed by atoms with Gasteiger partial charge in [0.15, 0.2) is 0 Å². The van der Waals surface area contributed by atoms with E-state index in [0.717, 1.165) is 5.75 Å². The molecule has 5 heteroatoms. The van der Waals surface area contributed by atoms with E-state index in [-0.39, 0.29) is 13.2 Å². The maximum Gasteiger partial charge on any atom is 0.119 e. The molecule has 2 N–H and O–H groups in total. The van der Waals surface area contributed by atoms with Gasteiger partial charge in [-0.1, -0.05) is 47.5 Å². The summed E-state index contributed by atoms with van der Waals surface area (Å²) in [5, 5.41) is 18.2. The molecular formula is C15H16Cl2O3. The number of halogens is 2. The van der Waals surface area contributed by atoms with Crippen LogP contribution in [0.25, 0.3) is 0 Å². The average Bonchev–Trinajstić information content (AvgIpc) is 2.47. The number of aliphatic hydroxyl groups is 2. The van der Waals surface area contributed by atoms with Crippen LogP contribution >= 0.6 is 23.2 Å². The molecule has 2 rings (SSSR count). The van der Waals surface area contributed by atoms with Crippen molar-refractivity contribution in [3.05, 3.63) is 64.1 Å². The Bertz CT molecular complexity index is 504. The molecular weight excluding hydrogens is 299 g/mol. The van der Waals surface area contributed by atoms with Crippen LogP contribution < -0.4 is 4.74 Å². The SMILES string of the molecule is OCCOc1ccccc1.OCc1ccc(Cl)cc1Cl. The first-order valence-corrected chi connectivity index (χ1v) is 6.76. The van der Waals surface area contributed by atoms with Gasteiger partial charge < -0.3 is 14.9 Å². The van der Waals surface area contributed by atoms with E-state index in [1.54, 1.807) is 18.2 Å². The standard InChI is InChI=1S/C8H10O2.C7H6Cl2O/c9-6-7-10-8-4-2-1-3-5-8;8-6-2-1-5(4-10)7(9)3-6/h1-5,9H,6-7H2;1-3,10H,4H2. The third-order valence-corrected chi connectivity index (χ3v) is 2.88. The minimum Gasteiger partial charge on any atom is -0.491 e. The van der Waals surface area contributed by atoms with Crippen molar-refractivity contribution in [2.75, 3.05) is 13.2 Å². The summed E-state index contributed by atoms with van der Waals surface area (Å²) >= 11 is 11.3. The molecule has 0 heterocycles. The Hall–Kier alpha value is -1.26. The molecule has 0 fully saturated rings. The Morgan fingerprint density at radius 3 is 2.20 bits per heavy atom. The van der Waals surface area contributed by atoms with Gasteiger partial charge in [-0.15, -0.1) is 0 Å². The van der Waals surface area contributed by atoms with Crippen molar-refractivity contribution in [3.8, 4) is 5.75 Å². The summed E-state index contributed by atoms with van der Waals surface area (Å²) in [6.07, 6.45) is 0. The number of aliphatic hydroxyl groups excluding tert-OH is 2. The van der Waals surface area contributed by atoms with E-state index in [4.69, 9.17) is 38.2 Å². The van der Waals surface area contributed by atoms with E-state index in [1.165, 1.54) is 0 Å². The Morgan fingerprint density at radius 2 is 1.65 bits per heavy atom. The van der Waals surface area contributed by atoms with Gasteiger partial charge in [0.25, 0.3) is 0 Å². The van der Waals surface area contributed by atoms with Crippen LogP contribution in [0.2, 0.25) is 10.0 Å². The van der Waals surface area contributed by atoms with Gasteiger partial charge >= 0.3 is 0 Å². The first-order valence-electron chi connectivity index (χ1n) is 6.01. The lowest BCUT2D eigenvalue weighted by Crippen LogP contribution is -2.00. The molecule has 0 aromatic heterocycles. The predicted molar refractivity (Wildman–Crippen MR) is 81.4 cm³/mol. The van der Waals surface area contributed by atoms with Gasteiger partial charge in [0.05, 0.1) is 13.2 Å². The Kier molecular flexibility index (Phi) is 8.07. The van der Waals surface area contributed by atoms with Crippen LogP contribution in [0.1, 0.15) is 5.56 Å². The molecule has 3 nitrogen and oxygen atoms in total. The zero-order valence-electron chi connectivity index (χ0n) is 10.8. The predicted octanol–water partition coefficient (Wildman–Crippen LogP) is 3.54. The Balaban J connectivity index is 0.000000200. The topological polar surface area (TPSA) is 49.7 Å². The summed E-state index contributed by atoms with van der Waals surface area (Å²) in [6, 6.07) is 14.4. The molecule has 2 aromatic carbocycles. The molecule has 0 bridgehead atoms. The Labute approximate surface area is 128 Å². The molecule has 0 aliphatic rings. The van der Waals surface area contributed by atoms with Gasteiger partial charge in [-0.25, -0.2) is 0 Å². The molecule has 108 valence electrons. The first kappa shape index (κ1) is 16.8. The van der Waals surface area contributed by atoms with Crippen LogP contribution in [0.5, 0.6) is 5.75 Å². The van der Waals surface area contributed by atoms with Crippen molar-refractivity contribution < 1.29 is 14.9 Å². The highest BCUT2D eigenvalue weighted by Crippen LogP contribution is 2.20. The highest BCUT2D eigenvalue weighted by Gasteiger charge is 1.97. The lowest BCUT2D eigenvalue weighted by molar-refractivity contribution is 0.201. The Morgan fingerprint density at radius 1 is 0.950 bits per heavy atom. The fourth-order valence-corrected chi connectivity index (χ4v) is 1.80. The molecule has 0 aliphatic heterocycles. The van der Waals surface area contributed by atoms with Crippen LogP contribution in [0.3, 0.4) is 0 Å². The van der Waals surface area contributed by atoms with E-state index >= 15 is 0 Å². The zero-order chi connectivity index (χ0) is 14.8.